The summed E-state index contributed by atoms with van der Waals surface area (Å²) in [6.07, 6.45) is 3.37. The van der Waals surface area contributed by atoms with Crippen molar-refractivity contribution < 1.29 is 4.79 Å². The molecule has 2 aromatic heterocycles. The van der Waals surface area contributed by atoms with Crippen LogP contribution < -0.4 is 9.80 Å². The number of rotatable bonds is 2. The summed E-state index contributed by atoms with van der Waals surface area (Å²) in [6, 6.07) is 9.83. The van der Waals surface area contributed by atoms with E-state index in [-0.39, 0.29) is 5.91 Å². The lowest BCUT2D eigenvalue weighted by atomic mass is 10.1. The van der Waals surface area contributed by atoms with E-state index in [9.17, 15) is 4.79 Å². The molecule has 0 aliphatic carbocycles. The standard InChI is InChI=1S/C20H21N5OS/c1-13-11-24(3)15-7-4-5-8-16(15)25(12-13)20(26)17-14(2)23-19(27-17)18-21-9-6-10-22-18/h4-10,13H,11-12H2,1-3H3/t13-/m1/s1. The first-order valence-corrected chi connectivity index (χ1v) is 9.73. The van der Waals surface area contributed by atoms with Crippen molar-refractivity contribution in [3.05, 3.63) is 53.3 Å². The van der Waals surface area contributed by atoms with Crippen LogP contribution in [0.15, 0.2) is 42.7 Å². The van der Waals surface area contributed by atoms with Crippen LogP contribution in [0.1, 0.15) is 22.3 Å². The Labute approximate surface area is 162 Å². The summed E-state index contributed by atoms with van der Waals surface area (Å²) in [4.78, 5) is 31.3. The van der Waals surface area contributed by atoms with Gasteiger partial charge in [0.25, 0.3) is 5.91 Å². The topological polar surface area (TPSA) is 62.2 Å². The van der Waals surface area contributed by atoms with Crippen molar-refractivity contribution in [2.75, 3.05) is 29.9 Å². The first kappa shape index (κ1) is 17.6. The normalized spacial score (nSPS) is 16.8. The molecule has 0 unspecified atom stereocenters. The number of nitrogens with zero attached hydrogens (tertiary/aromatic N) is 5. The Bertz CT molecular complexity index is 972. The Kier molecular flexibility index (Phi) is 4.61. The number of aryl methyl sites for hydroxylation is 1. The predicted molar refractivity (Wildman–Crippen MR) is 108 cm³/mol. The minimum absolute atomic E-state index is 0.0122. The van der Waals surface area contributed by atoms with Gasteiger partial charge in [0, 0.05) is 32.5 Å². The van der Waals surface area contributed by atoms with E-state index < -0.39 is 0 Å². The number of anilines is 2. The second-order valence-electron chi connectivity index (χ2n) is 6.90. The van der Waals surface area contributed by atoms with Crippen LogP contribution in [0, 0.1) is 12.8 Å². The molecule has 4 rings (SSSR count). The van der Waals surface area contributed by atoms with E-state index in [0.29, 0.717) is 28.2 Å². The smallest absolute Gasteiger partial charge is 0.270 e. The SMILES string of the molecule is Cc1nc(-c2ncccn2)sc1C(=O)N1C[C@H](C)CN(C)c2ccccc21. The van der Waals surface area contributed by atoms with Crippen molar-refractivity contribution in [2.45, 2.75) is 13.8 Å². The molecule has 6 nitrogen and oxygen atoms in total. The van der Waals surface area contributed by atoms with Crippen LogP contribution in [0.25, 0.3) is 10.8 Å². The van der Waals surface area contributed by atoms with Gasteiger partial charge in [0.1, 0.15) is 4.88 Å². The number of carbonyl (C=O) groups is 1. The Morgan fingerprint density at radius 2 is 1.81 bits per heavy atom. The molecule has 0 spiro atoms. The molecule has 0 fully saturated rings. The molecule has 0 radical (unpaired) electrons. The zero-order valence-electron chi connectivity index (χ0n) is 15.6. The zero-order valence-corrected chi connectivity index (χ0v) is 16.4. The van der Waals surface area contributed by atoms with Crippen LogP contribution in [0.4, 0.5) is 11.4 Å². The minimum atomic E-state index is -0.0122. The lowest BCUT2D eigenvalue weighted by molar-refractivity contribution is 0.0987. The highest BCUT2D eigenvalue weighted by molar-refractivity contribution is 7.17. The van der Waals surface area contributed by atoms with Crippen LogP contribution in [0.5, 0.6) is 0 Å². The summed E-state index contributed by atoms with van der Waals surface area (Å²) in [6.45, 7) is 5.63. The van der Waals surface area contributed by atoms with E-state index in [4.69, 9.17) is 0 Å². The van der Waals surface area contributed by atoms with Crippen molar-refractivity contribution in [3.63, 3.8) is 0 Å². The van der Waals surface area contributed by atoms with Gasteiger partial charge in [-0.2, -0.15) is 0 Å². The van der Waals surface area contributed by atoms with Gasteiger partial charge in [-0.3, -0.25) is 4.79 Å². The fourth-order valence-corrected chi connectivity index (χ4v) is 4.43. The van der Waals surface area contributed by atoms with E-state index in [0.717, 1.165) is 23.6 Å². The summed E-state index contributed by atoms with van der Waals surface area (Å²) in [7, 11) is 2.08. The monoisotopic (exact) mass is 379 g/mol. The van der Waals surface area contributed by atoms with Crippen LogP contribution in [-0.2, 0) is 0 Å². The largest absolute Gasteiger partial charge is 0.373 e. The Morgan fingerprint density at radius 3 is 2.56 bits per heavy atom. The third-order valence-electron chi connectivity index (χ3n) is 4.66. The molecule has 3 heterocycles. The molecule has 0 saturated carbocycles. The lowest BCUT2D eigenvalue weighted by Gasteiger charge is -2.24. The summed E-state index contributed by atoms with van der Waals surface area (Å²) >= 11 is 1.36. The number of hydrogen-bond acceptors (Lipinski definition) is 6. The third kappa shape index (κ3) is 3.30. The molecular weight excluding hydrogens is 358 g/mol. The van der Waals surface area contributed by atoms with Gasteiger partial charge >= 0.3 is 0 Å². The molecule has 1 atom stereocenters. The highest BCUT2D eigenvalue weighted by atomic mass is 32.1. The molecular formula is C20H21N5OS. The first-order valence-electron chi connectivity index (χ1n) is 8.91. The number of amides is 1. The zero-order chi connectivity index (χ0) is 19.0. The second-order valence-corrected chi connectivity index (χ2v) is 7.90. The summed E-state index contributed by atoms with van der Waals surface area (Å²) in [5.41, 5.74) is 2.74. The van der Waals surface area contributed by atoms with Gasteiger partial charge in [0.05, 0.1) is 17.1 Å². The van der Waals surface area contributed by atoms with E-state index in [1.54, 1.807) is 18.5 Å². The van der Waals surface area contributed by atoms with Crippen molar-refractivity contribution in [1.82, 2.24) is 15.0 Å². The molecule has 138 valence electrons. The van der Waals surface area contributed by atoms with E-state index >= 15 is 0 Å². The number of thiazole rings is 1. The number of fused-ring (bicyclic) bond motifs is 1. The fourth-order valence-electron chi connectivity index (χ4n) is 3.46. The number of para-hydroxylation sites is 2. The molecule has 27 heavy (non-hydrogen) atoms. The highest BCUT2D eigenvalue weighted by Gasteiger charge is 2.29. The second kappa shape index (κ2) is 7.08. The van der Waals surface area contributed by atoms with E-state index in [1.165, 1.54) is 11.3 Å². The van der Waals surface area contributed by atoms with Crippen molar-refractivity contribution >= 4 is 28.6 Å². The molecule has 3 aromatic rings. The maximum atomic E-state index is 13.5. The summed E-state index contributed by atoms with van der Waals surface area (Å²) in [5, 5.41) is 0.671. The Balaban J connectivity index is 1.74. The first-order chi connectivity index (χ1) is 13.0. The van der Waals surface area contributed by atoms with E-state index in [2.05, 4.69) is 39.9 Å². The van der Waals surface area contributed by atoms with Gasteiger partial charge in [-0.05, 0) is 31.0 Å². The van der Waals surface area contributed by atoms with Crippen molar-refractivity contribution in [1.29, 1.82) is 0 Å². The van der Waals surface area contributed by atoms with Gasteiger partial charge in [-0.25, -0.2) is 15.0 Å². The quantitative estimate of drug-likeness (QED) is 0.680. The predicted octanol–water partition coefficient (Wildman–Crippen LogP) is 3.64. The van der Waals surface area contributed by atoms with Crippen LogP contribution in [-0.4, -0.2) is 41.0 Å². The maximum absolute atomic E-state index is 13.5. The van der Waals surface area contributed by atoms with Crippen molar-refractivity contribution in [3.8, 4) is 10.8 Å². The van der Waals surface area contributed by atoms with Gasteiger partial charge in [0.15, 0.2) is 10.8 Å². The van der Waals surface area contributed by atoms with Crippen LogP contribution in [0.2, 0.25) is 0 Å². The molecule has 0 N–H and O–H groups in total. The van der Waals surface area contributed by atoms with Crippen LogP contribution in [0.3, 0.4) is 0 Å². The summed E-state index contributed by atoms with van der Waals surface area (Å²) < 4.78 is 0. The third-order valence-corrected chi connectivity index (χ3v) is 5.80. The highest BCUT2D eigenvalue weighted by Crippen LogP contribution is 2.35. The molecule has 7 heteroatoms. The van der Waals surface area contributed by atoms with E-state index in [1.807, 2.05) is 30.0 Å². The summed E-state index contributed by atoms with van der Waals surface area (Å²) in [5.74, 6) is 0.896. The number of carbonyl (C=O) groups excluding carboxylic acids is 1. The maximum Gasteiger partial charge on any atom is 0.270 e. The number of hydrogen-bond donors (Lipinski definition) is 0. The molecule has 0 saturated heterocycles. The molecule has 1 amide bonds. The number of benzene rings is 1. The van der Waals surface area contributed by atoms with Gasteiger partial charge in [-0.15, -0.1) is 11.3 Å². The Hall–Kier alpha value is -2.80. The average molecular weight is 379 g/mol. The molecule has 1 aliphatic heterocycles. The minimum Gasteiger partial charge on any atom is -0.373 e. The number of aromatic nitrogens is 3. The molecule has 1 aliphatic rings. The Morgan fingerprint density at radius 1 is 1.11 bits per heavy atom. The lowest BCUT2D eigenvalue weighted by Crippen LogP contribution is -2.34. The average Bonchev–Trinajstić information content (AvgIpc) is 3.02. The van der Waals surface area contributed by atoms with Crippen LogP contribution >= 0.6 is 11.3 Å². The van der Waals surface area contributed by atoms with Gasteiger partial charge < -0.3 is 9.80 Å². The van der Waals surface area contributed by atoms with Gasteiger partial charge in [-0.1, -0.05) is 19.1 Å². The van der Waals surface area contributed by atoms with Crippen molar-refractivity contribution in [2.24, 2.45) is 5.92 Å². The molecule has 0 bridgehead atoms. The van der Waals surface area contributed by atoms with Gasteiger partial charge in [0.2, 0.25) is 0 Å². The molecule has 1 aromatic carbocycles. The fraction of sp³-hybridized carbons (Fsp3) is 0.300.